The third kappa shape index (κ3) is 3.89. The Bertz CT molecular complexity index is 368. The molecule has 1 rings (SSSR count). The van der Waals surface area contributed by atoms with Crippen molar-refractivity contribution < 1.29 is 4.79 Å². The number of rotatable bonds is 4. The van der Waals surface area contributed by atoms with Gasteiger partial charge in [-0.15, -0.1) is 0 Å². The molecule has 1 aromatic carbocycles. The van der Waals surface area contributed by atoms with Gasteiger partial charge in [0.1, 0.15) is 0 Å². The summed E-state index contributed by atoms with van der Waals surface area (Å²) < 4.78 is 0. The van der Waals surface area contributed by atoms with Gasteiger partial charge in [-0.25, -0.2) is 0 Å². The van der Waals surface area contributed by atoms with Crippen molar-refractivity contribution in [1.29, 1.82) is 0 Å². The smallest absolute Gasteiger partial charge is 0.247 e. The number of benzene rings is 1. The standard InChI is InChI=1S/C14H19NO/c1-4-12(3)15-14(16)11(2)10-13-8-6-5-7-9-13/h5-10,12H,4H2,1-3H3,(H,15,16). The van der Waals surface area contributed by atoms with Crippen molar-refractivity contribution in [3.05, 3.63) is 41.5 Å². The van der Waals surface area contributed by atoms with Crippen LogP contribution in [0.25, 0.3) is 6.08 Å². The van der Waals surface area contributed by atoms with Crippen molar-refractivity contribution in [1.82, 2.24) is 5.32 Å². The highest BCUT2D eigenvalue weighted by molar-refractivity contribution is 5.97. The van der Waals surface area contributed by atoms with E-state index in [1.165, 1.54) is 0 Å². The molecule has 86 valence electrons. The SMILES string of the molecule is CCC(C)NC(=O)C(C)=Cc1ccccc1. The van der Waals surface area contributed by atoms with Crippen LogP contribution in [0.1, 0.15) is 32.8 Å². The molecule has 0 aliphatic carbocycles. The first-order valence-corrected chi connectivity index (χ1v) is 5.67. The lowest BCUT2D eigenvalue weighted by molar-refractivity contribution is -0.117. The zero-order valence-corrected chi connectivity index (χ0v) is 10.2. The largest absolute Gasteiger partial charge is 0.350 e. The number of hydrogen-bond donors (Lipinski definition) is 1. The van der Waals surface area contributed by atoms with Gasteiger partial charge in [0.25, 0.3) is 0 Å². The van der Waals surface area contributed by atoms with Crippen LogP contribution in [0.2, 0.25) is 0 Å². The number of hydrogen-bond acceptors (Lipinski definition) is 1. The Morgan fingerprint density at radius 2 is 2.00 bits per heavy atom. The molecule has 0 saturated heterocycles. The summed E-state index contributed by atoms with van der Waals surface area (Å²) in [6.07, 6.45) is 2.85. The summed E-state index contributed by atoms with van der Waals surface area (Å²) in [7, 11) is 0. The molecular weight excluding hydrogens is 198 g/mol. The van der Waals surface area contributed by atoms with Gasteiger partial charge in [-0.3, -0.25) is 4.79 Å². The molecule has 0 aliphatic heterocycles. The Balaban J connectivity index is 2.67. The zero-order chi connectivity index (χ0) is 12.0. The van der Waals surface area contributed by atoms with Gasteiger partial charge in [-0.05, 0) is 31.9 Å². The van der Waals surface area contributed by atoms with E-state index in [1.54, 1.807) is 0 Å². The van der Waals surface area contributed by atoms with Crippen LogP contribution < -0.4 is 5.32 Å². The van der Waals surface area contributed by atoms with Crippen LogP contribution in [-0.4, -0.2) is 11.9 Å². The Kier molecular flexibility index (Phi) is 4.77. The van der Waals surface area contributed by atoms with Crippen LogP contribution in [0.15, 0.2) is 35.9 Å². The molecular formula is C14H19NO. The average Bonchev–Trinajstić information content (AvgIpc) is 2.30. The lowest BCUT2D eigenvalue weighted by atomic mass is 10.1. The van der Waals surface area contributed by atoms with Crippen LogP contribution in [-0.2, 0) is 4.79 Å². The normalized spacial score (nSPS) is 13.3. The second kappa shape index (κ2) is 6.11. The van der Waals surface area contributed by atoms with E-state index in [0.29, 0.717) is 0 Å². The summed E-state index contributed by atoms with van der Waals surface area (Å²) in [6.45, 7) is 5.90. The predicted molar refractivity (Wildman–Crippen MR) is 68.0 cm³/mol. The molecule has 0 spiro atoms. The minimum Gasteiger partial charge on any atom is -0.350 e. The summed E-state index contributed by atoms with van der Waals surface area (Å²) in [5, 5.41) is 2.94. The van der Waals surface area contributed by atoms with Crippen molar-refractivity contribution in [2.45, 2.75) is 33.2 Å². The maximum atomic E-state index is 11.7. The summed E-state index contributed by atoms with van der Waals surface area (Å²) in [5.74, 6) is 0.0122. The van der Waals surface area contributed by atoms with E-state index in [0.717, 1.165) is 17.6 Å². The van der Waals surface area contributed by atoms with E-state index < -0.39 is 0 Å². The Labute approximate surface area is 97.4 Å². The Hall–Kier alpha value is -1.57. The van der Waals surface area contributed by atoms with E-state index in [2.05, 4.69) is 12.2 Å². The molecule has 0 saturated carbocycles. The van der Waals surface area contributed by atoms with Gasteiger partial charge < -0.3 is 5.32 Å². The van der Waals surface area contributed by atoms with E-state index >= 15 is 0 Å². The first-order valence-electron chi connectivity index (χ1n) is 5.67. The first kappa shape index (κ1) is 12.5. The molecule has 0 bridgehead atoms. The molecule has 1 atom stereocenters. The van der Waals surface area contributed by atoms with Gasteiger partial charge in [0.2, 0.25) is 5.91 Å². The van der Waals surface area contributed by atoms with Gasteiger partial charge in [0.05, 0.1) is 0 Å². The highest BCUT2D eigenvalue weighted by atomic mass is 16.1. The van der Waals surface area contributed by atoms with E-state index in [4.69, 9.17) is 0 Å². The molecule has 0 aliphatic rings. The predicted octanol–water partition coefficient (Wildman–Crippen LogP) is 3.00. The van der Waals surface area contributed by atoms with Gasteiger partial charge in [-0.2, -0.15) is 0 Å². The molecule has 1 N–H and O–H groups in total. The molecule has 1 unspecified atom stereocenters. The monoisotopic (exact) mass is 217 g/mol. The summed E-state index contributed by atoms with van der Waals surface area (Å²) in [4.78, 5) is 11.7. The van der Waals surface area contributed by atoms with Crippen molar-refractivity contribution in [3.63, 3.8) is 0 Å². The highest BCUT2D eigenvalue weighted by Gasteiger charge is 2.06. The molecule has 1 amide bonds. The minimum absolute atomic E-state index is 0.0122. The lowest BCUT2D eigenvalue weighted by Crippen LogP contribution is -2.32. The van der Waals surface area contributed by atoms with Gasteiger partial charge >= 0.3 is 0 Å². The summed E-state index contributed by atoms with van der Waals surface area (Å²) in [6, 6.07) is 10.1. The van der Waals surface area contributed by atoms with Gasteiger partial charge in [-0.1, -0.05) is 37.3 Å². The molecule has 1 aromatic rings. The van der Waals surface area contributed by atoms with Crippen LogP contribution in [0, 0.1) is 0 Å². The number of nitrogens with one attached hydrogen (secondary N) is 1. The van der Waals surface area contributed by atoms with Gasteiger partial charge in [0, 0.05) is 11.6 Å². The average molecular weight is 217 g/mol. The quantitative estimate of drug-likeness (QED) is 0.772. The lowest BCUT2D eigenvalue weighted by Gasteiger charge is -2.11. The van der Waals surface area contributed by atoms with Crippen LogP contribution in [0.4, 0.5) is 0 Å². The third-order valence-corrected chi connectivity index (χ3v) is 2.53. The maximum absolute atomic E-state index is 11.7. The molecule has 2 nitrogen and oxygen atoms in total. The van der Waals surface area contributed by atoms with E-state index in [9.17, 15) is 4.79 Å². The number of amides is 1. The van der Waals surface area contributed by atoms with Crippen LogP contribution in [0.5, 0.6) is 0 Å². The third-order valence-electron chi connectivity index (χ3n) is 2.53. The molecule has 2 heteroatoms. The Morgan fingerprint density at radius 3 is 2.56 bits per heavy atom. The molecule has 0 heterocycles. The maximum Gasteiger partial charge on any atom is 0.247 e. The summed E-state index contributed by atoms with van der Waals surface area (Å²) >= 11 is 0. The van der Waals surface area contributed by atoms with Crippen molar-refractivity contribution in [3.8, 4) is 0 Å². The zero-order valence-electron chi connectivity index (χ0n) is 10.2. The second-order valence-corrected chi connectivity index (χ2v) is 4.02. The second-order valence-electron chi connectivity index (χ2n) is 4.02. The highest BCUT2D eigenvalue weighted by Crippen LogP contribution is 2.06. The van der Waals surface area contributed by atoms with E-state index in [-0.39, 0.29) is 11.9 Å². The Morgan fingerprint density at radius 1 is 1.38 bits per heavy atom. The van der Waals surface area contributed by atoms with Crippen LogP contribution in [0.3, 0.4) is 0 Å². The van der Waals surface area contributed by atoms with Crippen LogP contribution >= 0.6 is 0 Å². The first-order chi connectivity index (χ1) is 7.63. The van der Waals surface area contributed by atoms with Crippen molar-refractivity contribution in [2.24, 2.45) is 0 Å². The minimum atomic E-state index is 0.0122. The van der Waals surface area contributed by atoms with Gasteiger partial charge in [0.15, 0.2) is 0 Å². The van der Waals surface area contributed by atoms with Crippen molar-refractivity contribution >= 4 is 12.0 Å². The fourth-order valence-corrected chi connectivity index (χ4v) is 1.30. The fourth-order valence-electron chi connectivity index (χ4n) is 1.30. The summed E-state index contributed by atoms with van der Waals surface area (Å²) in [5.41, 5.74) is 1.80. The van der Waals surface area contributed by atoms with E-state index in [1.807, 2.05) is 50.3 Å². The van der Waals surface area contributed by atoms with Crippen molar-refractivity contribution in [2.75, 3.05) is 0 Å². The fraction of sp³-hybridized carbons (Fsp3) is 0.357. The molecule has 0 radical (unpaired) electrons. The number of carbonyl (C=O) groups is 1. The topological polar surface area (TPSA) is 29.1 Å². The number of carbonyl (C=O) groups excluding carboxylic acids is 1. The molecule has 0 aromatic heterocycles. The molecule has 16 heavy (non-hydrogen) atoms. The molecule has 0 fully saturated rings.